The van der Waals surface area contributed by atoms with Crippen molar-refractivity contribution in [2.24, 2.45) is 0 Å². The summed E-state index contributed by atoms with van der Waals surface area (Å²) in [6.07, 6.45) is 0. The summed E-state index contributed by atoms with van der Waals surface area (Å²) < 4.78 is 27.7. The number of thiophene rings is 1. The predicted molar refractivity (Wildman–Crippen MR) is 112 cm³/mol. The SMILES string of the molecule is CCN(CC)S(=O)(=O)c1ccc(CNC(=O)NC(C)c2ccccc2Br)s1. The second kappa shape index (κ2) is 9.68. The van der Waals surface area contributed by atoms with Crippen LogP contribution in [-0.2, 0) is 16.6 Å². The van der Waals surface area contributed by atoms with Crippen molar-refractivity contribution in [1.82, 2.24) is 14.9 Å². The number of nitrogens with one attached hydrogen (secondary N) is 2. The molecule has 0 aliphatic heterocycles. The second-order valence-electron chi connectivity index (χ2n) is 5.88. The highest BCUT2D eigenvalue weighted by atomic mass is 79.9. The molecule has 0 spiro atoms. The molecule has 0 radical (unpaired) electrons. The van der Waals surface area contributed by atoms with Crippen LogP contribution in [0.5, 0.6) is 0 Å². The maximum absolute atomic E-state index is 12.5. The van der Waals surface area contributed by atoms with E-state index in [1.54, 1.807) is 12.1 Å². The zero-order valence-corrected chi connectivity index (χ0v) is 18.7. The lowest BCUT2D eigenvalue weighted by Gasteiger charge is -2.17. The van der Waals surface area contributed by atoms with Crippen molar-refractivity contribution in [3.8, 4) is 0 Å². The molecule has 148 valence electrons. The molecule has 0 aliphatic rings. The van der Waals surface area contributed by atoms with Crippen molar-refractivity contribution >= 4 is 43.3 Å². The van der Waals surface area contributed by atoms with Gasteiger partial charge in [-0.1, -0.05) is 48.0 Å². The molecule has 2 N–H and O–H groups in total. The number of carbonyl (C=O) groups is 1. The van der Waals surface area contributed by atoms with Crippen molar-refractivity contribution in [3.05, 3.63) is 51.3 Å². The maximum Gasteiger partial charge on any atom is 0.315 e. The molecule has 9 heteroatoms. The van der Waals surface area contributed by atoms with E-state index < -0.39 is 10.0 Å². The number of amides is 2. The standard InChI is InChI=1S/C18H24BrN3O3S2/c1-4-22(5-2)27(24,25)17-11-10-14(26-17)12-20-18(23)21-13(3)15-8-6-7-9-16(15)19/h6-11,13H,4-5,12H2,1-3H3,(H2,20,21,23). The van der Waals surface area contributed by atoms with Crippen molar-refractivity contribution < 1.29 is 13.2 Å². The molecular weight excluding hydrogens is 450 g/mol. The molecule has 1 unspecified atom stereocenters. The molecule has 1 aromatic heterocycles. The van der Waals surface area contributed by atoms with E-state index in [0.29, 0.717) is 17.3 Å². The third-order valence-electron chi connectivity index (χ3n) is 4.08. The molecule has 0 bridgehead atoms. The number of hydrogen-bond donors (Lipinski definition) is 2. The number of carbonyl (C=O) groups excluding carboxylic acids is 1. The lowest BCUT2D eigenvalue weighted by Crippen LogP contribution is -2.36. The maximum atomic E-state index is 12.5. The van der Waals surface area contributed by atoms with Gasteiger partial charge in [0.15, 0.2) is 0 Å². The molecule has 0 fully saturated rings. The Hall–Kier alpha value is -1.42. The smallest absolute Gasteiger partial charge is 0.315 e. The van der Waals surface area contributed by atoms with Crippen LogP contribution in [0.2, 0.25) is 0 Å². The van der Waals surface area contributed by atoms with E-state index in [-0.39, 0.29) is 18.6 Å². The zero-order chi connectivity index (χ0) is 20.0. The van der Waals surface area contributed by atoms with Gasteiger partial charge in [0.25, 0.3) is 10.0 Å². The van der Waals surface area contributed by atoms with Crippen LogP contribution in [-0.4, -0.2) is 31.8 Å². The number of urea groups is 1. The average Bonchev–Trinajstić information content (AvgIpc) is 3.11. The summed E-state index contributed by atoms with van der Waals surface area (Å²) in [6, 6.07) is 10.6. The van der Waals surface area contributed by atoms with E-state index in [1.807, 2.05) is 45.0 Å². The summed E-state index contributed by atoms with van der Waals surface area (Å²) in [5.41, 5.74) is 0.983. The Balaban J connectivity index is 1.95. The third kappa shape index (κ3) is 5.54. The summed E-state index contributed by atoms with van der Waals surface area (Å²) in [4.78, 5) is 12.9. The summed E-state index contributed by atoms with van der Waals surface area (Å²) in [7, 11) is -3.46. The summed E-state index contributed by atoms with van der Waals surface area (Å²) in [5, 5.41) is 5.66. The first-order valence-electron chi connectivity index (χ1n) is 8.67. The third-order valence-corrected chi connectivity index (χ3v) is 8.40. The van der Waals surface area contributed by atoms with Crippen LogP contribution in [0.4, 0.5) is 4.79 Å². The molecule has 0 saturated carbocycles. The topological polar surface area (TPSA) is 78.5 Å². The lowest BCUT2D eigenvalue weighted by atomic mass is 10.1. The van der Waals surface area contributed by atoms with E-state index in [4.69, 9.17) is 0 Å². The molecule has 0 saturated heterocycles. The largest absolute Gasteiger partial charge is 0.333 e. The second-order valence-corrected chi connectivity index (χ2v) is 10.1. The molecule has 0 aliphatic carbocycles. The van der Waals surface area contributed by atoms with Crippen LogP contribution in [0, 0.1) is 0 Å². The molecule has 2 rings (SSSR count). The Morgan fingerprint density at radius 2 is 1.85 bits per heavy atom. The predicted octanol–water partition coefficient (Wildman–Crippen LogP) is 4.10. The molecule has 1 atom stereocenters. The van der Waals surface area contributed by atoms with Crippen LogP contribution in [0.15, 0.2) is 45.1 Å². The number of sulfonamides is 1. The van der Waals surface area contributed by atoms with Crippen molar-refractivity contribution in [2.75, 3.05) is 13.1 Å². The van der Waals surface area contributed by atoms with Crippen LogP contribution < -0.4 is 10.6 Å². The van der Waals surface area contributed by atoms with E-state index in [2.05, 4.69) is 26.6 Å². The first-order chi connectivity index (χ1) is 12.8. The average molecular weight is 474 g/mol. The highest BCUT2D eigenvalue weighted by molar-refractivity contribution is 9.10. The van der Waals surface area contributed by atoms with E-state index >= 15 is 0 Å². The van der Waals surface area contributed by atoms with E-state index in [0.717, 1.165) is 14.9 Å². The number of nitrogens with zero attached hydrogens (tertiary/aromatic N) is 1. The van der Waals surface area contributed by atoms with Gasteiger partial charge in [-0.15, -0.1) is 11.3 Å². The first-order valence-corrected chi connectivity index (χ1v) is 11.7. The first kappa shape index (κ1) is 21.9. The molecular formula is C18H24BrN3O3S2. The monoisotopic (exact) mass is 473 g/mol. The Labute approximate surface area is 173 Å². The lowest BCUT2D eigenvalue weighted by molar-refractivity contribution is 0.237. The number of hydrogen-bond acceptors (Lipinski definition) is 4. The summed E-state index contributed by atoms with van der Waals surface area (Å²) in [5.74, 6) is 0. The number of rotatable bonds is 8. The molecule has 27 heavy (non-hydrogen) atoms. The van der Waals surface area contributed by atoms with Gasteiger partial charge in [-0.3, -0.25) is 0 Å². The van der Waals surface area contributed by atoms with Gasteiger partial charge in [-0.05, 0) is 30.7 Å². The van der Waals surface area contributed by atoms with Crippen LogP contribution in [0.3, 0.4) is 0 Å². The molecule has 6 nitrogen and oxygen atoms in total. The Morgan fingerprint density at radius 1 is 1.19 bits per heavy atom. The van der Waals surface area contributed by atoms with Gasteiger partial charge in [0.05, 0.1) is 12.6 Å². The Kier molecular flexibility index (Phi) is 7.84. The highest BCUT2D eigenvalue weighted by Gasteiger charge is 2.23. The van der Waals surface area contributed by atoms with Gasteiger partial charge in [0, 0.05) is 22.4 Å². The van der Waals surface area contributed by atoms with Gasteiger partial charge in [0.1, 0.15) is 4.21 Å². The highest BCUT2D eigenvalue weighted by Crippen LogP contribution is 2.25. The number of benzene rings is 1. The minimum atomic E-state index is -3.46. The van der Waals surface area contributed by atoms with Crippen molar-refractivity contribution in [2.45, 2.75) is 37.6 Å². The molecule has 1 aromatic carbocycles. The van der Waals surface area contributed by atoms with Gasteiger partial charge in [-0.25, -0.2) is 13.2 Å². The van der Waals surface area contributed by atoms with Crippen LogP contribution >= 0.6 is 27.3 Å². The fourth-order valence-corrected chi connectivity index (χ4v) is 6.14. The fraction of sp³-hybridized carbons (Fsp3) is 0.389. The normalized spacial score (nSPS) is 12.8. The number of halogens is 1. The minimum Gasteiger partial charge on any atom is -0.333 e. The van der Waals surface area contributed by atoms with Gasteiger partial charge in [0.2, 0.25) is 0 Å². The fourth-order valence-electron chi connectivity index (χ4n) is 2.60. The Morgan fingerprint density at radius 3 is 2.48 bits per heavy atom. The van der Waals surface area contributed by atoms with E-state index in [9.17, 15) is 13.2 Å². The van der Waals surface area contributed by atoms with Crippen molar-refractivity contribution in [3.63, 3.8) is 0 Å². The van der Waals surface area contributed by atoms with Gasteiger partial charge >= 0.3 is 6.03 Å². The quantitative estimate of drug-likeness (QED) is 0.605. The zero-order valence-electron chi connectivity index (χ0n) is 15.5. The Bertz CT molecular complexity index is 879. The van der Waals surface area contributed by atoms with E-state index in [1.165, 1.54) is 15.6 Å². The van der Waals surface area contributed by atoms with Crippen molar-refractivity contribution in [1.29, 1.82) is 0 Å². The summed E-state index contributed by atoms with van der Waals surface area (Å²) >= 11 is 4.66. The van der Waals surface area contributed by atoms with Crippen LogP contribution in [0.1, 0.15) is 37.3 Å². The van der Waals surface area contributed by atoms with Gasteiger partial charge in [-0.2, -0.15) is 4.31 Å². The molecule has 1 heterocycles. The molecule has 2 amide bonds. The minimum absolute atomic E-state index is 0.164. The summed E-state index contributed by atoms with van der Waals surface area (Å²) in [6.45, 7) is 6.66. The van der Waals surface area contributed by atoms with Crippen LogP contribution in [0.25, 0.3) is 0 Å². The van der Waals surface area contributed by atoms with Gasteiger partial charge < -0.3 is 10.6 Å². The molecule has 2 aromatic rings.